The summed E-state index contributed by atoms with van der Waals surface area (Å²) in [6.45, 7) is 0.955. The van der Waals surface area contributed by atoms with Gasteiger partial charge < -0.3 is 15.3 Å². The second-order valence-corrected chi connectivity index (χ2v) is 5.61. The van der Waals surface area contributed by atoms with E-state index in [2.05, 4.69) is 5.32 Å². The predicted molar refractivity (Wildman–Crippen MR) is 73.2 cm³/mol. The van der Waals surface area contributed by atoms with Crippen LogP contribution >= 0.6 is 0 Å². The van der Waals surface area contributed by atoms with E-state index in [1.54, 1.807) is 0 Å². The molecule has 5 heteroatoms. The van der Waals surface area contributed by atoms with Gasteiger partial charge in [-0.1, -0.05) is 24.3 Å². The van der Waals surface area contributed by atoms with Crippen LogP contribution in [0.25, 0.3) is 0 Å². The maximum absolute atomic E-state index is 12.8. The van der Waals surface area contributed by atoms with E-state index >= 15 is 0 Å². The lowest BCUT2D eigenvalue weighted by atomic mass is 9.88. The molecule has 5 nitrogen and oxygen atoms in total. The Kier molecular flexibility index (Phi) is 3.22. The molecular weight excluding hydrogens is 256 g/mol. The second-order valence-electron chi connectivity index (χ2n) is 5.61. The Balaban J connectivity index is 2.01. The van der Waals surface area contributed by atoms with E-state index in [4.69, 9.17) is 5.11 Å². The van der Waals surface area contributed by atoms with E-state index in [1.807, 2.05) is 24.3 Å². The van der Waals surface area contributed by atoms with Crippen LogP contribution in [0.3, 0.4) is 0 Å². The number of amides is 1. The minimum atomic E-state index is -0.967. The van der Waals surface area contributed by atoms with Crippen molar-refractivity contribution in [2.24, 2.45) is 0 Å². The van der Waals surface area contributed by atoms with Gasteiger partial charge in [-0.2, -0.15) is 0 Å². The van der Waals surface area contributed by atoms with Gasteiger partial charge in [0, 0.05) is 6.54 Å². The minimum absolute atomic E-state index is 0.0754. The van der Waals surface area contributed by atoms with E-state index < -0.39 is 11.5 Å². The molecule has 1 aromatic rings. The molecule has 0 radical (unpaired) electrons. The summed E-state index contributed by atoms with van der Waals surface area (Å²) in [6, 6.07) is 7.92. The van der Waals surface area contributed by atoms with Gasteiger partial charge in [-0.25, -0.2) is 0 Å². The van der Waals surface area contributed by atoms with Crippen molar-refractivity contribution in [2.45, 2.75) is 31.3 Å². The number of hydrogen-bond donors (Lipinski definition) is 2. The summed E-state index contributed by atoms with van der Waals surface area (Å²) in [5, 5.41) is 12.4. The topological polar surface area (TPSA) is 69.6 Å². The van der Waals surface area contributed by atoms with Gasteiger partial charge in [0.2, 0.25) is 5.91 Å². The summed E-state index contributed by atoms with van der Waals surface area (Å²) < 4.78 is 0. The lowest BCUT2D eigenvalue weighted by Gasteiger charge is -2.31. The number of fused-ring (bicyclic) bond motifs is 1. The second kappa shape index (κ2) is 4.90. The first-order chi connectivity index (χ1) is 9.61. The van der Waals surface area contributed by atoms with Crippen molar-refractivity contribution in [3.05, 3.63) is 35.4 Å². The third-order valence-electron chi connectivity index (χ3n) is 4.24. The normalized spacial score (nSPS) is 25.6. The highest BCUT2D eigenvalue weighted by Gasteiger charge is 2.45. The van der Waals surface area contributed by atoms with E-state index in [0.29, 0.717) is 13.0 Å². The third-order valence-corrected chi connectivity index (χ3v) is 4.24. The first-order valence-corrected chi connectivity index (χ1v) is 6.94. The standard InChI is InChI=1S/C15H18N2O3/c18-13(19)10-17-9-12-5-2-1-4-11(12)8-15(14(17)20)6-3-7-16-15/h1-2,4-5,16H,3,6-10H2,(H,18,19). The Morgan fingerprint density at radius 1 is 1.35 bits per heavy atom. The average molecular weight is 274 g/mol. The maximum atomic E-state index is 12.8. The van der Waals surface area contributed by atoms with Crippen LogP contribution < -0.4 is 5.32 Å². The molecule has 0 bridgehead atoms. The van der Waals surface area contributed by atoms with Crippen molar-refractivity contribution < 1.29 is 14.7 Å². The molecule has 1 spiro atoms. The predicted octanol–water partition coefficient (Wildman–Crippen LogP) is 0.778. The van der Waals surface area contributed by atoms with Crippen LogP contribution in [0.4, 0.5) is 0 Å². The highest BCUT2D eigenvalue weighted by atomic mass is 16.4. The molecule has 106 valence electrons. The molecule has 2 N–H and O–H groups in total. The average Bonchev–Trinajstić information content (AvgIpc) is 2.84. The molecule has 0 aromatic heterocycles. The molecule has 0 saturated carbocycles. The molecule has 1 unspecified atom stereocenters. The van der Waals surface area contributed by atoms with Gasteiger partial charge in [0.05, 0.1) is 0 Å². The Bertz CT molecular complexity index is 550. The SMILES string of the molecule is O=C(O)CN1Cc2ccccc2CC2(CCCN2)C1=O. The number of benzene rings is 1. The van der Waals surface area contributed by atoms with Crippen molar-refractivity contribution in [1.82, 2.24) is 10.2 Å². The first-order valence-electron chi connectivity index (χ1n) is 6.94. The maximum Gasteiger partial charge on any atom is 0.323 e. The zero-order valence-electron chi connectivity index (χ0n) is 11.3. The van der Waals surface area contributed by atoms with Gasteiger partial charge in [-0.3, -0.25) is 9.59 Å². The van der Waals surface area contributed by atoms with Crippen LogP contribution in [0, 0.1) is 0 Å². The van der Waals surface area contributed by atoms with Crippen molar-refractivity contribution in [3.8, 4) is 0 Å². The van der Waals surface area contributed by atoms with Crippen LogP contribution in [0.2, 0.25) is 0 Å². The Hall–Kier alpha value is -1.88. The van der Waals surface area contributed by atoms with Crippen molar-refractivity contribution >= 4 is 11.9 Å². The van der Waals surface area contributed by atoms with Gasteiger partial charge in [-0.05, 0) is 36.9 Å². The minimum Gasteiger partial charge on any atom is -0.480 e. The number of hydrogen-bond acceptors (Lipinski definition) is 3. The molecule has 1 atom stereocenters. The van der Waals surface area contributed by atoms with Gasteiger partial charge >= 0.3 is 5.97 Å². The molecule has 0 aliphatic carbocycles. The summed E-state index contributed by atoms with van der Waals surface area (Å²) in [5.41, 5.74) is 1.58. The lowest BCUT2D eigenvalue weighted by Crippen LogP contribution is -2.55. The molecule has 1 amide bonds. The number of carbonyl (C=O) groups excluding carboxylic acids is 1. The number of aliphatic carboxylic acids is 1. The number of carboxylic acid groups (broad SMARTS) is 1. The highest BCUT2D eigenvalue weighted by Crippen LogP contribution is 2.31. The Morgan fingerprint density at radius 3 is 2.75 bits per heavy atom. The third kappa shape index (κ3) is 2.18. The first kappa shape index (κ1) is 13.1. The van der Waals surface area contributed by atoms with E-state index in [-0.39, 0.29) is 12.5 Å². The molecule has 2 aliphatic heterocycles. The summed E-state index contributed by atoms with van der Waals surface area (Å²) in [5.74, 6) is -1.04. The summed E-state index contributed by atoms with van der Waals surface area (Å²) in [6.07, 6.45) is 2.38. The fourth-order valence-electron chi connectivity index (χ4n) is 3.30. The molecule has 20 heavy (non-hydrogen) atoms. The molecule has 2 aliphatic rings. The van der Waals surface area contributed by atoms with E-state index in [0.717, 1.165) is 30.5 Å². The fourth-order valence-corrected chi connectivity index (χ4v) is 3.30. The van der Waals surface area contributed by atoms with Crippen molar-refractivity contribution in [3.63, 3.8) is 0 Å². The number of carboxylic acids is 1. The fraction of sp³-hybridized carbons (Fsp3) is 0.467. The highest BCUT2D eigenvalue weighted by molar-refractivity contribution is 5.90. The van der Waals surface area contributed by atoms with Crippen LogP contribution in [0.15, 0.2) is 24.3 Å². The van der Waals surface area contributed by atoms with Gasteiger partial charge in [0.1, 0.15) is 12.1 Å². The molecule has 1 fully saturated rings. The van der Waals surface area contributed by atoms with Gasteiger partial charge in [0.25, 0.3) is 0 Å². The molecule has 1 aromatic carbocycles. The van der Waals surface area contributed by atoms with Crippen molar-refractivity contribution in [1.29, 1.82) is 0 Å². The van der Waals surface area contributed by atoms with Gasteiger partial charge in [-0.15, -0.1) is 0 Å². The van der Waals surface area contributed by atoms with Crippen molar-refractivity contribution in [2.75, 3.05) is 13.1 Å². The van der Waals surface area contributed by atoms with Crippen LogP contribution in [-0.4, -0.2) is 40.5 Å². The van der Waals surface area contributed by atoms with E-state index in [1.165, 1.54) is 4.90 Å². The Labute approximate surface area is 117 Å². The van der Waals surface area contributed by atoms with Crippen LogP contribution in [-0.2, 0) is 22.6 Å². The zero-order chi connectivity index (χ0) is 14.2. The van der Waals surface area contributed by atoms with Crippen LogP contribution in [0.5, 0.6) is 0 Å². The molecule has 3 rings (SSSR count). The number of nitrogens with one attached hydrogen (secondary N) is 1. The van der Waals surface area contributed by atoms with E-state index in [9.17, 15) is 9.59 Å². The smallest absolute Gasteiger partial charge is 0.323 e. The van der Waals surface area contributed by atoms with Gasteiger partial charge in [0.15, 0.2) is 0 Å². The molecule has 2 heterocycles. The summed E-state index contributed by atoms with van der Waals surface area (Å²) in [7, 11) is 0. The molecular formula is C15H18N2O3. The quantitative estimate of drug-likeness (QED) is 0.836. The number of nitrogens with zero attached hydrogens (tertiary/aromatic N) is 1. The van der Waals surface area contributed by atoms with Crippen LogP contribution in [0.1, 0.15) is 24.0 Å². The summed E-state index contributed by atoms with van der Waals surface area (Å²) in [4.78, 5) is 25.3. The summed E-state index contributed by atoms with van der Waals surface area (Å²) >= 11 is 0. The zero-order valence-corrected chi connectivity index (χ0v) is 11.3. The number of carbonyl (C=O) groups is 2. The monoisotopic (exact) mass is 274 g/mol. The largest absolute Gasteiger partial charge is 0.480 e. The lowest BCUT2D eigenvalue weighted by molar-refractivity contribution is -0.147. The number of rotatable bonds is 2. The molecule has 1 saturated heterocycles. The Morgan fingerprint density at radius 2 is 2.10 bits per heavy atom.